The fourth-order valence-corrected chi connectivity index (χ4v) is 8.27. The molecule has 0 unspecified atom stereocenters. The van der Waals surface area contributed by atoms with Crippen molar-refractivity contribution in [2.24, 2.45) is 0 Å². The molecule has 11 heteroatoms. The molecule has 1 aromatic heterocycles. The van der Waals surface area contributed by atoms with E-state index < -0.39 is 5.92 Å². The van der Waals surface area contributed by atoms with Crippen molar-refractivity contribution in [2.75, 3.05) is 0 Å². The van der Waals surface area contributed by atoms with Gasteiger partial charge in [-0.3, -0.25) is 0 Å². The number of nitriles is 2. The van der Waals surface area contributed by atoms with Crippen molar-refractivity contribution < 1.29 is 0 Å². The van der Waals surface area contributed by atoms with Gasteiger partial charge in [-0.05, 0) is 72.8 Å². The first-order valence-corrected chi connectivity index (χ1v) is 15.7. The van der Waals surface area contributed by atoms with Crippen LogP contribution < -0.4 is 0 Å². The summed E-state index contributed by atoms with van der Waals surface area (Å²) in [5.74, 6) is -0.812. The van der Waals surface area contributed by atoms with E-state index in [1.807, 2.05) is 16.7 Å². The minimum Gasteiger partial charge on any atom is -0.309 e. The highest BCUT2D eigenvalue weighted by Gasteiger charge is 2.31. The summed E-state index contributed by atoms with van der Waals surface area (Å²) in [5.41, 5.74) is 4.54. The molecule has 44 heavy (non-hydrogen) atoms. The van der Waals surface area contributed by atoms with Gasteiger partial charge in [0.05, 0.1) is 34.3 Å². The third-order valence-electron chi connectivity index (χ3n) is 7.30. The van der Waals surface area contributed by atoms with Crippen molar-refractivity contribution in [1.29, 1.82) is 10.5 Å². The number of halogens is 8. The van der Waals surface area contributed by atoms with Gasteiger partial charge < -0.3 is 4.57 Å². The molecule has 6 rings (SSSR count). The van der Waals surface area contributed by atoms with Crippen molar-refractivity contribution in [3.8, 4) is 17.8 Å². The van der Waals surface area contributed by atoms with Crippen LogP contribution in [0.5, 0.6) is 0 Å². The molecule has 0 amide bonds. The van der Waals surface area contributed by atoms with Gasteiger partial charge in [-0.1, -0.05) is 92.8 Å². The highest BCUT2D eigenvalue weighted by molar-refractivity contribution is 6.42. The Hall–Kier alpha value is -2.80. The van der Waals surface area contributed by atoms with E-state index in [0.29, 0.717) is 43.5 Å². The lowest BCUT2D eigenvalue weighted by Gasteiger charge is -2.26. The van der Waals surface area contributed by atoms with Crippen molar-refractivity contribution in [1.82, 2.24) is 4.57 Å². The molecule has 0 saturated heterocycles. The molecule has 3 nitrogen and oxygen atoms in total. The van der Waals surface area contributed by atoms with Gasteiger partial charge in [0, 0.05) is 79.2 Å². The van der Waals surface area contributed by atoms with E-state index in [1.165, 1.54) is 0 Å². The van der Waals surface area contributed by atoms with Crippen LogP contribution in [0.25, 0.3) is 27.5 Å². The molecule has 0 bridgehead atoms. The van der Waals surface area contributed by atoms with Crippen LogP contribution in [0.1, 0.15) is 33.7 Å². The molecule has 0 atom stereocenters. The van der Waals surface area contributed by atoms with Crippen LogP contribution >= 0.6 is 92.8 Å². The van der Waals surface area contributed by atoms with E-state index in [4.69, 9.17) is 92.8 Å². The van der Waals surface area contributed by atoms with Crippen LogP contribution in [-0.2, 0) is 0 Å². The van der Waals surface area contributed by atoms with Crippen LogP contribution in [-0.4, -0.2) is 4.57 Å². The van der Waals surface area contributed by atoms with E-state index in [2.05, 4.69) is 12.1 Å². The summed E-state index contributed by atoms with van der Waals surface area (Å²) >= 11 is 53.7. The van der Waals surface area contributed by atoms with Gasteiger partial charge in [0.1, 0.15) is 0 Å². The van der Waals surface area contributed by atoms with E-state index >= 15 is 0 Å². The predicted octanol–water partition coefficient (Wildman–Crippen LogP) is 12.9. The minimum atomic E-state index is -0.812. The number of rotatable bonds is 4. The highest BCUT2D eigenvalue weighted by Crippen LogP contribution is 2.50. The Morgan fingerprint density at radius 1 is 0.477 bits per heavy atom. The standard InChI is InChI=1S/C33H13Cl8N3/c34-17-7-22(36)30(23(37)8-17)33(31-24(38)9-18(35)10-25(31)39)32-26(40)11-19(12-27(32)41)44-28-3-1-15(13-42)5-20(28)21-6-16(14-43)2-4-29(21)44/h1-12,33H. The SMILES string of the molecule is N#Cc1ccc2c(c1)c1cc(C#N)ccc1n2-c1cc(Cl)c(C(c2c(Cl)cc(Cl)cc2Cl)c2c(Cl)cc(Cl)cc2Cl)c(Cl)c1. The molecular weight excluding hydrogens is 722 g/mol. The molecule has 5 aromatic carbocycles. The van der Waals surface area contributed by atoms with Crippen LogP contribution in [0.3, 0.4) is 0 Å². The average Bonchev–Trinajstić information content (AvgIpc) is 3.28. The van der Waals surface area contributed by atoms with Gasteiger partial charge >= 0.3 is 0 Å². The number of benzene rings is 5. The van der Waals surface area contributed by atoms with Gasteiger partial charge in [-0.25, -0.2) is 0 Å². The van der Waals surface area contributed by atoms with E-state index in [1.54, 1.807) is 60.7 Å². The average molecular weight is 735 g/mol. The Bertz CT molecular complexity index is 2060. The van der Waals surface area contributed by atoms with Crippen molar-refractivity contribution in [2.45, 2.75) is 5.92 Å². The predicted molar refractivity (Wildman–Crippen MR) is 184 cm³/mol. The van der Waals surface area contributed by atoms with E-state index in [-0.39, 0.29) is 30.1 Å². The third-order valence-corrected chi connectivity index (χ3v) is 9.61. The Labute approximate surface area is 292 Å². The number of hydrogen-bond donors (Lipinski definition) is 0. The summed E-state index contributed by atoms with van der Waals surface area (Å²) in [5, 5.41) is 23.0. The fourth-order valence-electron chi connectivity index (χ4n) is 5.51. The minimum absolute atomic E-state index is 0.259. The van der Waals surface area contributed by atoms with Crippen LogP contribution in [0, 0.1) is 22.7 Å². The van der Waals surface area contributed by atoms with Gasteiger partial charge in [0.15, 0.2) is 0 Å². The Morgan fingerprint density at radius 2 is 0.818 bits per heavy atom. The Balaban J connectivity index is 1.66. The maximum atomic E-state index is 9.55. The van der Waals surface area contributed by atoms with E-state index in [9.17, 15) is 10.5 Å². The van der Waals surface area contributed by atoms with Crippen molar-refractivity contribution in [3.05, 3.63) is 141 Å². The fraction of sp³-hybridized carbons (Fsp3) is 0.0303. The molecule has 0 aliphatic rings. The molecule has 0 fully saturated rings. The van der Waals surface area contributed by atoms with Crippen molar-refractivity contribution >= 4 is 115 Å². The second-order valence-corrected chi connectivity index (χ2v) is 13.2. The second kappa shape index (κ2) is 12.2. The highest BCUT2D eigenvalue weighted by atomic mass is 35.5. The second-order valence-electron chi connectivity index (χ2n) is 9.85. The molecule has 0 N–H and O–H groups in total. The smallest absolute Gasteiger partial charge is 0.0991 e. The zero-order valence-electron chi connectivity index (χ0n) is 21.9. The summed E-state index contributed by atoms with van der Waals surface area (Å²) in [7, 11) is 0. The van der Waals surface area contributed by atoms with Crippen molar-refractivity contribution in [3.63, 3.8) is 0 Å². The first-order chi connectivity index (χ1) is 21.0. The molecule has 0 spiro atoms. The van der Waals surface area contributed by atoms with Gasteiger partial charge in [0.25, 0.3) is 0 Å². The largest absolute Gasteiger partial charge is 0.309 e. The first kappa shape index (κ1) is 31.2. The zero-order chi connectivity index (χ0) is 31.4. The van der Waals surface area contributed by atoms with Crippen LogP contribution in [0.2, 0.25) is 40.2 Å². The maximum absolute atomic E-state index is 9.55. The summed E-state index contributed by atoms with van der Waals surface area (Å²) in [6, 6.07) is 24.9. The zero-order valence-corrected chi connectivity index (χ0v) is 27.9. The monoisotopic (exact) mass is 731 g/mol. The normalized spacial score (nSPS) is 11.3. The number of fused-ring (bicyclic) bond motifs is 3. The number of nitrogens with zero attached hydrogens (tertiary/aromatic N) is 3. The quantitative estimate of drug-likeness (QED) is 0.169. The van der Waals surface area contributed by atoms with Gasteiger partial charge in [0.2, 0.25) is 0 Å². The topological polar surface area (TPSA) is 52.5 Å². The summed E-state index contributed by atoms with van der Waals surface area (Å²) < 4.78 is 1.97. The summed E-state index contributed by atoms with van der Waals surface area (Å²) in [4.78, 5) is 0. The first-order valence-electron chi connectivity index (χ1n) is 12.7. The molecule has 0 aliphatic carbocycles. The maximum Gasteiger partial charge on any atom is 0.0991 e. The lowest BCUT2D eigenvalue weighted by atomic mass is 9.84. The molecule has 0 radical (unpaired) electrons. The lowest BCUT2D eigenvalue weighted by Crippen LogP contribution is -2.09. The number of aromatic nitrogens is 1. The Kier molecular flexibility index (Phi) is 8.64. The molecule has 216 valence electrons. The van der Waals surface area contributed by atoms with Gasteiger partial charge in [-0.2, -0.15) is 10.5 Å². The lowest BCUT2D eigenvalue weighted by molar-refractivity contribution is 0.976. The van der Waals surface area contributed by atoms with Gasteiger partial charge in [-0.15, -0.1) is 0 Å². The summed E-state index contributed by atoms with van der Waals surface area (Å²) in [6.07, 6.45) is 0. The molecule has 0 saturated carbocycles. The molecule has 1 heterocycles. The van der Waals surface area contributed by atoms with Crippen LogP contribution in [0.15, 0.2) is 72.8 Å². The van der Waals surface area contributed by atoms with E-state index in [0.717, 1.165) is 21.8 Å². The molecular formula is C33H13Cl8N3. The molecule has 0 aliphatic heterocycles. The molecule has 6 aromatic rings. The summed E-state index contributed by atoms with van der Waals surface area (Å²) in [6.45, 7) is 0. The number of hydrogen-bond acceptors (Lipinski definition) is 2. The Morgan fingerprint density at radius 3 is 1.16 bits per heavy atom. The van der Waals surface area contributed by atoms with Crippen LogP contribution in [0.4, 0.5) is 0 Å². The third kappa shape index (κ3) is 5.37.